The highest BCUT2D eigenvalue weighted by Gasteiger charge is 2.15. The highest BCUT2D eigenvalue weighted by atomic mass is 32.2. The van der Waals surface area contributed by atoms with Gasteiger partial charge >= 0.3 is 0 Å². The molecular weight excluding hydrogens is 448 g/mol. The standard InChI is InChI=1S/C25H36N6O2S/c1-6-16-34-24-29-21(26-13-15-33-7-2)20-17-28-31(22(20)30-24)14-12-27-23(32)18-8-10-19(11-9-18)25(3,4)5/h8-11,17H,6-7,12-16H2,1-5H3,(H,27,32)(H,26,29,30). The van der Waals surface area contributed by atoms with E-state index in [1.165, 1.54) is 5.56 Å². The van der Waals surface area contributed by atoms with Gasteiger partial charge in [-0.25, -0.2) is 14.6 Å². The van der Waals surface area contributed by atoms with Crippen LogP contribution in [0.5, 0.6) is 0 Å². The number of nitrogens with zero attached hydrogens (tertiary/aromatic N) is 4. The summed E-state index contributed by atoms with van der Waals surface area (Å²) in [7, 11) is 0. The Labute approximate surface area is 206 Å². The van der Waals surface area contributed by atoms with Crippen molar-refractivity contribution in [2.75, 3.05) is 37.4 Å². The quantitative estimate of drug-likeness (QED) is 0.222. The van der Waals surface area contributed by atoms with Gasteiger partial charge in [-0.1, -0.05) is 51.6 Å². The van der Waals surface area contributed by atoms with Crippen molar-refractivity contribution in [3.05, 3.63) is 41.6 Å². The number of hydrogen-bond donors (Lipinski definition) is 2. The van der Waals surface area contributed by atoms with Crippen molar-refractivity contribution < 1.29 is 9.53 Å². The van der Waals surface area contributed by atoms with Crippen LogP contribution >= 0.6 is 11.8 Å². The van der Waals surface area contributed by atoms with Gasteiger partial charge in [0.15, 0.2) is 10.8 Å². The second kappa shape index (κ2) is 12.2. The van der Waals surface area contributed by atoms with Crippen molar-refractivity contribution in [1.29, 1.82) is 0 Å². The van der Waals surface area contributed by atoms with E-state index in [9.17, 15) is 4.79 Å². The summed E-state index contributed by atoms with van der Waals surface area (Å²) >= 11 is 1.63. The van der Waals surface area contributed by atoms with E-state index in [4.69, 9.17) is 9.72 Å². The van der Waals surface area contributed by atoms with E-state index in [0.717, 1.165) is 34.2 Å². The SMILES string of the molecule is CCCSc1nc(NCCOCC)c2cnn(CCNC(=O)c3ccc(C(C)(C)C)cc3)c2n1. The summed E-state index contributed by atoms with van der Waals surface area (Å²) in [5.41, 5.74) is 2.67. The molecule has 2 heterocycles. The maximum absolute atomic E-state index is 12.6. The minimum atomic E-state index is -0.0935. The van der Waals surface area contributed by atoms with Crippen molar-refractivity contribution in [1.82, 2.24) is 25.1 Å². The van der Waals surface area contributed by atoms with Gasteiger partial charge in [0, 0.05) is 31.0 Å². The topological polar surface area (TPSA) is 94.0 Å². The lowest BCUT2D eigenvalue weighted by molar-refractivity contribution is 0.0952. The minimum absolute atomic E-state index is 0.0585. The summed E-state index contributed by atoms with van der Waals surface area (Å²) < 4.78 is 7.25. The van der Waals surface area contributed by atoms with Crippen molar-refractivity contribution in [2.45, 2.75) is 58.2 Å². The largest absolute Gasteiger partial charge is 0.380 e. The molecule has 9 heteroatoms. The molecule has 34 heavy (non-hydrogen) atoms. The molecule has 0 unspecified atom stereocenters. The number of benzene rings is 1. The molecule has 1 aromatic carbocycles. The fourth-order valence-electron chi connectivity index (χ4n) is 3.38. The first-order chi connectivity index (χ1) is 16.3. The van der Waals surface area contributed by atoms with Crippen LogP contribution in [0.25, 0.3) is 11.0 Å². The van der Waals surface area contributed by atoms with Gasteiger partial charge in [-0.15, -0.1) is 0 Å². The van der Waals surface area contributed by atoms with Crippen LogP contribution in [0.1, 0.15) is 57.0 Å². The summed E-state index contributed by atoms with van der Waals surface area (Å²) in [6.07, 6.45) is 2.82. The predicted molar refractivity (Wildman–Crippen MR) is 139 cm³/mol. The molecule has 0 radical (unpaired) electrons. The van der Waals surface area contributed by atoms with Crippen LogP contribution in [0.2, 0.25) is 0 Å². The van der Waals surface area contributed by atoms with Crippen LogP contribution in [0.4, 0.5) is 5.82 Å². The number of aromatic nitrogens is 4. The molecule has 0 bridgehead atoms. The molecule has 0 aliphatic rings. The Morgan fingerprint density at radius 2 is 1.88 bits per heavy atom. The number of amides is 1. The van der Waals surface area contributed by atoms with Gasteiger partial charge < -0.3 is 15.4 Å². The van der Waals surface area contributed by atoms with E-state index in [0.29, 0.717) is 38.4 Å². The maximum Gasteiger partial charge on any atom is 0.251 e. The third kappa shape index (κ3) is 6.93. The molecule has 3 rings (SSSR count). The number of carbonyl (C=O) groups is 1. The van der Waals surface area contributed by atoms with Crippen LogP contribution in [0.15, 0.2) is 35.6 Å². The Balaban J connectivity index is 1.68. The van der Waals surface area contributed by atoms with E-state index >= 15 is 0 Å². The fraction of sp³-hybridized carbons (Fsp3) is 0.520. The number of hydrogen-bond acceptors (Lipinski definition) is 7. The van der Waals surface area contributed by atoms with Crippen LogP contribution in [-0.4, -0.2) is 57.7 Å². The minimum Gasteiger partial charge on any atom is -0.380 e. The van der Waals surface area contributed by atoms with Crippen molar-refractivity contribution in [3.8, 4) is 0 Å². The van der Waals surface area contributed by atoms with Crippen LogP contribution in [0.3, 0.4) is 0 Å². The summed E-state index contributed by atoms with van der Waals surface area (Å²) in [5, 5.41) is 12.4. The predicted octanol–water partition coefficient (Wildman–Crippen LogP) is 4.50. The zero-order chi connectivity index (χ0) is 24.6. The normalized spacial score (nSPS) is 11.7. The molecule has 0 aliphatic carbocycles. The molecule has 8 nitrogen and oxygen atoms in total. The Morgan fingerprint density at radius 1 is 1.12 bits per heavy atom. The Kier molecular flexibility index (Phi) is 9.29. The highest BCUT2D eigenvalue weighted by molar-refractivity contribution is 7.99. The molecular formula is C25H36N6O2S. The summed E-state index contributed by atoms with van der Waals surface area (Å²) in [5.74, 6) is 1.61. The third-order valence-electron chi connectivity index (χ3n) is 5.28. The Hall–Kier alpha value is -2.65. The first kappa shape index (κ1) is 26.0. The summed E-state index contributed by atoms with van der Waals surface area (Å²) in [6.45, 7) is 13.5. The van der Waals surface area contributed by atoms with Crippen molar-refractivity contribution >= 4 is 34.5 Å². The number of ether oxygens (including phenoxy) is 1. The highest BCUT2D eigenvalue weighted by Crippen LogP contribution is 2.25. The van der Waals surface area contributed by atoms with Crippen molar-refractivity contribution in [2.24, 2.45) is 0 Å². The number of thioether (sulfide) groups is 1. The van der Waals surface area contributed by atoms with Crippen molar-refractivity contribution in [3.63, 3.8) is 0 Å². The molecule has 0 aliphatic heterocycles. The smallest absolute Gasteiger partial charge is 0.251 e. The molecule has 2 aromatic heterocycles. The zero-order valence-electron chi connectivity index (χ0n) is 20.9. The van der Waals surface area contributed by atoms with Gasteiger partial charge in [-0.2, -0.15) is 5.10 Å². The number of anilines is 1. The maximum atomic E-state index is 12.6. The van der Waals surface area contributed by atoms with Crippen LogP contribution in [0, 0.1) is 0 Å². The molecule has 2 N–H and O–H groups in total. The van der Waals surface area contributed by atoms with Gasteiger partial charge in [0.25, 0.3) is 5.91 Å². The average Bonchev–Trinajstić information content (AvgIpc) is 3.23. The van der Waals surface area contributed by atoms with E-state index in [2.05, 4.69) is 48.4 Å². The lowest BCUT2D eigenvalue weighted by Gasteiger charge is -2.19. The van der Waals surface area contributed by atoms with E-state index in [-0.39, 0.29) is 11.3 Å². The number of nitrogens with one attached hydrogen (secondary N) is 2. The fourth-order valence-corrected chi connectivity index (χ4v) is 4.07. The van der Waals surface area contributed by atoms with E-state index in [1.807, 2.05) is 35.9 Å². The second-order valence-corrected chi connectivity index (χ2v) is 10.1. The second-order valence-electron chi connectivity index (χ2n) is 9.02. The number of fused-ring (bicyclic) bond motifs is 1. The Morgan fingerprint density at radius 3 is 2.56 bits per heavy atom. The molecule has 184 valence electrons. The molecule has 0 atom stereocenters. The lowest BCUT2D eigenvalue weighted by Crippen LogP contribution is -2.27. The van der Waals surface area contributed by atoms with Crippen LogP contribution < -0.4 is 10.6 Å². The van der Waals surface area contributed by atoms with Gasteiger partial charge in [-0.05, 0) is 36.5 Å². The van der Waals surface area contributed by atoms with Gasteiger partial charge in [-0.3, -0.25) is 4.79 Å². The molecule has 1 amide bonds. The first-order valence-corrected chi connectivity index (χ1v) is 12.9. The monoisotopic (exact) mass is 484 g/mol. The van der Waals surface area contributed by atoms with Gasteiger partial charge in [0.2, 0.25) is 0 Å². The summed E-state index contributed by atoms with van der Waals surface area (Å²) in [4.78, 5) is 22.0. The molecule has 0 saturated carbocycles. The average molecular weight is 485 g/mol. The number of carbonyl (C=O) groups excluding carboxylic acids is 1. The lowest BCUT2D eigenvalue weighted by atomic mass is 9.87. The molecule has 0 saturated heterocycles. The summed E-state index contributed by atoms with van der Waals surface area (Å²) in [6, 6.07) is 7.79. The molecule has 0 fully saturated rings. The zero-order valence-corrected chi connectivity index (χ0v) is 21.7. The van der Waals surface area contributed by atoms with Crippen LogP contribution in [-0.2, 0) is 16.7 Å². The van der Waals surface area contributed by atoms with Gasteiger partial charge in [0.05, 0.1) is 24.7 Å². The van der Waals surface area contributed by atoms with E-state index < -0.39 is 0 Å². The number of rotatable bonds is 12. The molecule has 0 spiro atoms. The van der Waals surface area contributed by atoms with Gasteiger partial charge in [0.1, 0.15) is 5.82 Å². The van der Waals surface area contributed by atoms with E-state index in [1.54, 1.807) is 18.0 Å². The Bertz CT molecular complexity index is 1080. The molecule has 3 aromatic rings. The third-order valence-corrected chi connectivity index (χ3v) is 6.33. The first-order valence-electron chi connectivity index (χ1n) is 11.9.